The molecule has 1 saturated carbocycles. The Morgan fingerprint density at radius 2 is 1.94 bits per heavy atom. The number of rotatable bonds is 6. The van der Waals surface area contributed by atoms with Gasteiger partial charge in [-0.3, -0.25) is 4.79 Å². The van der Waals surface area contributed by atoms with Crippen molar-refractivity contribution < 1.29 is 19.8 Å². The molecule has 1 amide bonds. The number of carboxylic acids is 1. The van der Waals surface area contributed by atoms with Gasteiger partial charge in [0, 0.05) is 6.42 Å². The van der Waals surface area contributed by atoms with E-state index in [9.17, 15) is 14.7 Å². The first-order valence-electron chi connectivity index (χ1n) is 6.14. The second kappa shape index (κ2) is 6.00. The van der Waals surface area contributed by atoms with Gasteiger partial charge in [-0.25, -0.2) is 4.79 Å². The van der Waals surface area contributed by atoms with Gasteiger partial charge in [-0.15, -0.1) is 0 Å². The topological polar surface area (TPSA) is 86.6 Å². The van der Waals surface area contributed by atoms with Crippen LogP contribution >= 0.6 is 0 Å². The Hall–Kier alpha value is -1.10. The molecule has 0 spiro atoms. The molecule has 0 aliphatic heterocycles. The molecule has 17 heavy (non-hydrogen) atoms. The molecule has 1 aliphatic rings. The zero-order valence-corrected chi connectivity index (χ0v) is 10.2. The number of carboxylic acid groups (broad SMARTS) is 1. The van der Waals surface area contributed by atoms with Gasteiger partial charge in [-0.1, -0.05) is 25.7 Å². The van der Waals surface area contributed by atoms with E-state index in [4.69, 9.17) is 5.11 Å². The van der Waals surface area contributed by atoms with Gasteiger partial charge in [0.15, 0.2) is 5.60 Å². The molecule has 0 saturated heterocycles. The molecule has 1 rings (SSSR count). The number of carbonyl (C=O) groups is 2. The van der Waals surface area contributed by atoms with Crippen molar-refractivity contribution in [3.63, 3.8) is 0 Å². The highest BCUT2D eigenvalue weighted by Crippen LogP contribution is 2.28. The third-order valence-corrected chi connectivity index (χ3v) is 3.34. The molecule has 98 valence electrons. The summed E-state index contributed by atoms with van der Waals surface area (Å²) in [4.78, 5) is 22.1. The molecular formula is C12H21NO4. The van der Waals surface area contributed by atoms with Gasteiger partial charge in [0.05, 0.1) is 6.54 Å². The Labute approximate surface area is 101 Å². The van der Waals surface area contributed by atoms with Crippen molar-refractivity contribution in [2.75, 3.05) is 6.54 Å². The summed E-state index contributed by atoms with van der Waals surface area (Å²) in [6.07, 6.45) is 6.17. The van der Waals surface area contributed by atoms with E-state index in [1.807, 2.05) is 0 Å². The smallest absolute Gasteiger partial charge is 0.337 e. The molecule has 1 fully saturated rings. The molecule has 3 N–H and O–H groups in total. The van der Waals surface area contributed by atoms with E-state index in [0.717, 1.165) is 6.42 Å². The van der Waals surface area contributed by atoms with Crippen LogP contribution in [0.2, 0.25) is 0 Å². The van der Waals surface area contributed by atoms with Crippen LogP contribution in [0.25, 0.3) is 0 Å². The average molecular weight is 243 g/mol. The third-order valence-electron chi connectivity index (χ3n) is 3.34. The summed E-state index contributed by atoms with van der Waals surface area (Å²) in [7, 11) is 0. The van der Waals surface area contributed by atoms with E-state index < -0.39 is 11.6 Å². The molecule has 0 bridgehead atoms. The Balaban J connectivity index is 2.18. The average Bonchev–Trinajstić information content (AvgIpc) is 2.76. The first-order valence-corrected chi connectivity index (χ1v) is 6.14. The fraction of sp³-hybridized carbons (Fsp3) is 0.833. The number of hydrogen-bond donors (Lipinski definition) is 3. The van der Waals surface area contributed by atoms with Crippen LogP contribution in [0.1, 0.15) is 45.4 Å². The summed E-state index contributed by atoms with van der Waals surface area (Å²) < 4.78 is 0. The fourth-order valence-electron chi connectivity index (χ4n) is 2.07. The zero-order chi connectivity index (χ0) is 12.9. The lowest BCUT2D eigenvalue weighted by Crippen LogP contribution is -2.46. The van der Waals surface area contributed by atoms with Gasteiger partial charge < -0.3 is 15.5 Å². The quantitative estimate of drug-likeness (QED) is 0.647. The SMILES string of the molecule is CC(O)(CNC(=O)CCC1CCCC1)C(=O)O. The van der Waals surface area contributed by atoms with Crippen molar-refractivity contribution >= 4 is 11.9 Å². The monoisotopic (exact) mass is 243 g/mol. The highest BCUT2D eigenvalue weighted by atomic mass is 16.4. The van der Waals surface area contributed by atoms with Crippen molar-refractivity contribution in [3.8, 4) is 0 Å². The largest absolute Gasteiger partial charge is 0.479 e. The second-order valence-corrected chi connectivity index (χ2v) is 5.04. The van der Waals surface area contributed by atoms with Gasteiger partial charge in [0.25, 0.3) is 0 Å². The summed E-state index contributed by atoms with van der Waals surface area (Å²) in [5.41, 5.74) is -1.89. The molecular weight excluding hydrogens is 222 g/mol. The number of carbonyl (C=O) groups excluding carboxylic acids is 1. The first kappa shape index (κ1) is 14.0. The van der Waals surface area contributed by atoms with Crippen molar-refractivity contribution in [1.29, 1.82) is 0 Å². The summed E-state index contributed by atoms with van der Waals surface area (Å²) >= 11 is 0. The van der Waals surface area contributed by atoms with E-state index in [0.29, 0.717) is 12.3 Å². The fourth-order valence-corrected chi connectivity index (χ4v) is 2.07. The number of aliphatic carboxylic acids is 1. The lowest BCUT2D eigenvalue weighted by molar-refractivity contribution is -0.156. The second-order valence-electron chi connectivity index (χ2n) is 5.04. The first-order chi connectivity index (χ1) is 7.92. The summed E-state index contributed by atoms with van der Waals surface area (Å²) in [6.45, 7) is 0.929. The predicted octanol–water partition coefficient (Wildman–Crippen LogP) is 0.909. The molecule has 1 aliphatic carbocycles. The molecule has 5 heteroatoms. The van der Waals surface area contributed by atoms with Gasteiger partial charge in [-0.05, 0) is 19.3 Å². The van der Waals surface area contributed by atoms with Crippen LogP contribution in [0, 0.1) is 5.92 Å². The number of nitrogens with one attached hydrogen (secondary N) is 1. The Kier molecular flexibility index (Phi) is 4.93. The Morgan fingerprint density at radius 1 is 1.35 bits per heavy atom. The third kappa shape index (κ3) is 4.73. The normalized spacial score (nSPS) is 19.9. The van der Waals surface area contributed by atoms with Crippen LogP contribution in [0.3, 0.4) is 0 Å². The van der Waals surface area contributed by atoms with Crippen LogP contribution in [0.15, 0.2) is 0 Å². The van der Waals surface area contributed by atoms with E-state index >= 15 is 0 Å². The van der Waals surface area contributed by atoms with Gasteiger partial charge in [-0.2, -0.15) is 0 Å². The minimum atomic E-state index is -1.89. The molecule has 0 radical (unpaired) electrons. The van der Waals surface area contributed by atoms with E-state index in [-0.39, 0.29) is 12.5 Å². The maximum Gasteiger partial charge on any atom is 0.337 e. The zero-order valence-electron chi connectivity index (χ0n) is 10.2. The van der Waals surface area contributed by atoms with Crippen molar-refractivity contribution in [2.24, 2.45) is 5.92 Å². The molecule has 0 heterocycles. The van der Waals surface area contributed by atoms with Crippen molar-refractivity contribution in [1.82, 2.24) is 5.32 Å². The molecule has 0 aromatic rings. The molecule has 5 nitrogen and oxygen atoms in total. The van der Waals surface area contributed by atoms with E-state index in [2.05, 4.69) is 5.32 Å². The number of aliphatic hydroxyl groups is 1. The van der Waals surface area contributed by atoms with Crippen LogP contribution in [-0.2, 0) is 9.59 Å². The molecule has 1 atom stereocenters. The standard InChI is InChI=1S/C12H21NO4/c1-12(17,11(15)16)8-13-10(14)7-6-9-4-2-3-5-9/h9,17H,2-8H2,1H3,(H,13,14)(H,15,16). The number of hydrogen-bond acceptors (Lipinski definition) is 3. The summed E-state index contributed by atoms with van der Waals surface area (Å²) in [6, 6.07) is 0. The van der Waals surface area contributed by atoms with E-state index in [1.54, 1.807) is 0 Å². The van der Waals surface area contributed by atoms with Crippen LogP contribution in [0.4, 0.5) is 0 Å². The van der Waals surface area contributed by atoms with Crippen molar-refractivity contribution in [2.45, 2.75) is 51.0 Å². The predicted molar refractivity (Wildman–Crippen MR) is 62.5 cm³/mol. The summed E-state index contributed by atoms with van der Waals surface area (Å²) in [5.74, 6) is -0.868. The van der Waals surface area contributed by atoms with Crippen LogP contribution in [0.5, 0.6) is 0 Å². The minimum absolute atomic E-state index is 0.182. The molecule has 0 aromatic heterocycles. The summed E-state index contributed by atoms with van der Waals surface area (Å²) in [5, 5.41) is 20.5. The Morgan fingerprint density at radius 3 is 2.47 bits per heavy atom. The van der Waals surface area contributed by atoms with Gasteiger partial charge in [0.1, 0.15) is 0 Å². The lowest BCUT2D eigenvalue weighted by atomic mass is 10.0. The molecule has 1 unspecified atom stereocenters. The van der Waals surface area contributed by atoms with Gasteiger partial charge >= 0.3 is 5.97 Å². The molecule has 0 aromatic carbocycles. The number of amides is 1. The van der Waals surface area contributed by atoms with Gasteiger partial charge in [0.2, 0.25) is 5.91 Å². The lowest BCUT2D eigenvalue weighted by Gasteiger charge is -2.18. The highest BCUT2D eigenvalue weighted by molar-refractivity contribution is 5.80. The minimum Gasteiger partial charge on any atom is -0.479 e. The van der Waals surface area contributed by atoms with Crippen molar-refractivity contribution in [3.05, 3.63) is 0 Å². The maximum atomic E-state index is 11.5. The van der Waals surface area contributed by atoms with Crippen LogP contribution < -0.4 is 5.32 Å². The maximum absolute atomic E-state index is 11.5. The highest BCUT2D eigenvalue weighted by Gasteiger charge is 2.30. The Bertz CT molecular complexity index is 282. The van der Waals surface area contributed by atoms with Crippen LogP contribution in [-0.4, -0.2) is 34.2 Å². The van der Waals surface area contributed by atoms with E-state index in [1.165, 1.54) is 32.6 Å².